The number of hydrogen-bond donors (Lipinski definition) is 2. The van der Waals surface area contributed by atoms with Gasteiger partial charge in [0.2, 0.25) is 5.91 Å². The second kappa shape index (κ2) is 2.99. The summed E-state index contributed by atoms with van der Waals surface area (Å²) in [6.07, 6.45) is 0. The van der Waals surface area contributed by atoms with E-state index in [1.165, 1.54) is 14.2 Å². The number of rotatable bonds is 3. The van der Waals surface area contributed by atoms with E-state index in [9.17, 15) is 0 Å². The van der Waals surface area contributed by atoms with Crippen LogP contribution in [-0.4, -0.2) is 31.8 Å². The number of nitrogens with two attached hydrogens (primary N) is 1. The van der Waals surface area contributed by atoms with Crippen LogP contribution in [0, 0.1) is 0 Å². The molecule has 0 aliphatic heterocycles. The lowest BCUT2D eigenvalue weighted by Crippen LogP contribution is -2.47. The molecule has 0 aliphatic rings. The van der Waals surface area contributed by atoms with Crippen LogP contribution in [0.25, 0.3) is 0 Å². The first-order valence-corrected chi connectivity index (χ1v) is 2.18. The monoisotopic (exact) mass is 121 g/mol. The van der Waals surface area contributed by atoms with Crippen LogP contribution in [0.5, 0.6) is 0 Å². The van der Waals surface area contributed by atoms with E-state index in [1.54, 1.807) is 0 Å². The first-order valence-electron chi connectivity index (χ1n) is 2.18. The number of hydrogen-bond acceptors (Lipinski definition) is 4. The molecular weight excluding hydrogens is 110 g/mol. The number of methoxy groups -OCH3 is 2. The van der Waals surface area contributed by atoms with Crippen LogP contribution in [0.15, 0.2) is 0 Å². The molecule has 0 aromatic carbocycles. The molecule has 0 saturated carbocycles. The van der Waals surface area contributed by atoms with Gasteiger partial charge in [-0.15, -0.1) is 0 Å². The molecule has 8 heavy (non-hydrogen) atoms. The Kier molecular flexibility index (Phi) is 2.93. The lowest BCUT2D eigenvalue weighted by atomic mass is 10.5. The smallest absolute Gasteiger partial charge is 0.248 e. The molecular formula is C4H11NO3. The van der Waals surface area contributed by atoms with Crippen LogP contribution in [0.2, 0.25) is 0 Å². The highest BCUT2D eigenvalue weighted by Gasteiger charge is 2.20. The molecule has 50 valence electrons. The summed E-state index contributed by atoms with van der Waals surface area (Å²) in [4.78, 5) is 0. The van der Waals surface area contributed by atoms with Gasteiger partial charge in [0.15, 0.2) is 0 Å². The fraction of sp³-hybridized carbons (Fsp3) is 1.00. The van der Waals surface area contributed by atoms with Crippen molar-refractivity contribution in [1.29, 1.82) is 0 Å². The van der Waals surface area contributed by atoms with Gasteiger partial charge in [-0.05, 0) is 0 Å². The molecule has 0 radical (unpaired) electrons. The predicted octanol–water partition coefficient (Wildman–Crippen LogP) is -1.12. The van der Waals surface area contributed by atoms with Crippen molar-refractivity contribution < 1.29 is 14.6 Å². The first-order chi connectivity index (χ1) is 3.68. The minimum Gasteiger partial charge on any atom is -0.389 e. The number of aliphatic hydroxyl groups excluding tert-OH is 1. The summed E-state index contributed by atoms with van der Waals surface area (Å²) < 4.78 is 9.08. The van der Waals surface area contributed by atoms with Crippen molar-refractivity contribution in [3.05, 3.63) is 0 Å². The molecule has 0 amide bonds. The Morgan fingerprint density at radius 1 is 1.50 bits per heavy atom. The van der Waals surface area contributed by atoms with E-state index < -0.39 is 5.91 Å². The predicted molar refractivity (Wildman–Crippen MR) is 28.0 cm³/mol. The van der Waals surface area contributed by atoms with E-state index in [2.05, 4.69) is 9.47 Å². The summed E-state index contributed by atoms with van der Waals surface area (Å²) in [6, 6.07) is 0. The van der Waals surface area contributed by atoms with Crippen molar-refractivity contribution in [2.45, 2.75) is 5.91 Å². The Bertz CT molecular complexity index is 54.0. The van der Waals surface area contributed by atoms with Gasteiger partial charge in [-0.25, -0.2) is 0 Å². The molecule has 4 nitrogen and oxygen atoms in total. The summed E-state index contributed by atoms with van der Waals surface area (Å²) in [6.45, 7) is -0.347. The highest BCUT2D eigenvalue weighted by molar-refractivity contribution is 4.53. The van der Waals surface area contributed by atoms with E-state index >= 15 is 0 Å². The van der Waals surface area contributed by atoms with Gasteiger partial charge in [0.05, 0.1) is 0 Å². The minimum absolute atomic E-state index is 0.347. The van der Waals surface area contributed by atoms with Gasteiger partial charge in [-0.1, -0.05) is 0 Å². The van der Waals surface area contributed by atoms with Gasteiger partial charge in [0.1, 0.15) is 6.61 Å². The van der Waals surface area contributed by atoms with Crippen molar-refractivity contribution in [1.82, 2.24) is 0 Å². The molecule has 0 heterocycles. The molecule has 0 bridgehead atoms. The lowest BCUT2D eigenvalue weighted by Gasteiger charge is -2.22. The maximum Gasteiger partial charge on any atom is 0.248 e. The quantitative estimate of drug-likeness (QED) is 0.464. The zero-order valence-electron chi connectivity index (χ0n) is 5.05. The Morgan fingerprint density at radius 3 is 1.88 bits per heavy atom. The van der Waals surface area contributed by atoms with Gasteiger partial charge in [0.25, 0.3) is 0 Å². The highest BCUT2D eigenvalue weighted by atomic mass is 16.7. The van der Waals surface area contributed by atoms with Crippen LogP contribution in [0.4, 0.5) is 0 Å². The first kappa shape index (κ1) is 7.84. The molecule has 0 aromatic heterocycles. The Labute approximate surface area is 48.2 Å². The minimum atomic E-state index is -1.32. The van der Waals surface area contributed by atoms with Crippen LogP contribution >= 0.6 is 0 Å². The molecule has 0 aromatic rings. The average Bonchev–Trinajstić information content (AvgIpc) is 1.87. The normalized spacial score (nSPS) is 12.0. The van der Waals surface area contributed by atoms with E-state index in [1.807, 2.05) is 0 Å². The largest absolute Gasteiger partial charge is 0.389 e. The van der Waals surface area contributed by atoms with Crippen molar-refractivity contribution in [2.75, 3.05) is 20.8 Å². The van der Waals surface area contributed by atoms with Crippen molar-refractivity contribution in [3.63, 3.8) is 0 Å². The fourth-order valence-corrected chi connectivity index (χ4v) is 0.212. The third-order valence-electron chi connectivity index (χ3n) is 0.911. The molecule has 0 unspecified atom stereocenters. The average molecular weight is 121 g/mol. The molecule has 0 spiro atoms. The van der Waals surface area contributed by atoms with Crippen LogP contribution in [-0.2, 0) is 9.47 Å². The van der Waals surface area contributed by atoms with Gasteiger partial charge in [0, 0.05) is 14.2 Å². The van der Waals surface area contributed by atoms with Crippen LogP contribution in [0.1, 0.15) is 0 Å². The number of ether oxygens (including phenoxy) is 2. The van der Waals surface area contributed by atoms with E-state index in [4.69, 9.17) is 10.8 Å². The molecule has 0 saturated heterocycles. The SMILES string of the molecule is COC(N)(CO)OC. The maximum atomic E-state index is 8.41. The Morgan fingerprint density at radius 2 is 1.88 bits per heavy atom. The van der Waals surface area contributed by atoms with Gasteiger partial charge in [-0.3, -0.25) is 5.73 Å². The lowest BCUT2D eigenvalue weighted by molar-refractivity contribution is -0.222. The summed E-state index contributed by atoms with van der Waals surface area (Å²) in [5, 5.41) is 8.41. The van der Waals surface area contributed by atoms with E-state index in [-0.39, 0.29) is 6.61 Å². The maximum absolute atomic E-state index is 8.41. The van der Waals surface area contributed by atoms with E-state index in [0.29, 0.717) is 0 Å². The highest BCUT2D eigenvalue weighted by Crippen LogP contribution is 1.98. The fourth-order valence-electron chi connectivity index (χ4n) is 0.212. The summed E-state index contributed by atoms with van der Waals surface area (Å²) in [5.74, 6) is -1.32. The topological polar surface area (TPSA) is 64.7 Å². The molecule has 0 rings (SSSR count). The number of aliphatic hydroxyl groups is 1. The van der Waals surface area contributed by atoms with Gasteiger partial charge >= 0.3 is 0 Å². The third-order valence-corrected chi connectivity index (χ3v) is 0.911. The van der Waals surface area contributed by atoms with Crippen molar-refractivity contribution >= 4 is 0 Å². The third kappa shape index (κ3) is 1.75. The van der Waals surface area contributed by atoms with Crippen molar-refractivity contribution in [3.8, 4) is 0 Å². The summed E-state index contributed by atoms with van der Waals surface area (Å²) >= 11 is 0. The van der Waals surface area contributed by atoms with E-state index in [0.717, 1.165) is 0 Å². The molecule has 0 aliphatic carbocycles. The molecule has 4 heteroatoms. The summed E-state index contributed by atoms with van der Waals surface area (Å²) in [7, 11) is 2.72. The summed E-state index contributed by atoms with van der Waals surface area (Å²) in [5.41, 5.74) is 5.20. The van der Waals surface area contributed by atoms with Gasteiger partial charge < -0.3 is 14.6 Å². The van der Waals surface area contributed by atoms with Crippen LogP contribution in [0.3, 0.4) is 0 Å². The standard InChI is InChI=1S/C4H11NO3/c1-7-4(5,3-6)8-2/h6H,3,5H2,1-2H3. The molecule has 0 atom stereocenters. The zero-order chi connectivity index (χ0) is 6.62. The van der Waals surface area contributed by atoms with Gasteiger partial charge in [-0.2, -0.15) is 0 Å². The zero-order valence-corrected chi connectivity index (χ0v) is 5.05. The Balaban J connectivity index is 3.58. The second-order valence-electron chi connectivity index (χ2n) is 1.38. The molecule has 3 N–H and O–H groups in total. The van der Waals surface area contributed by atoms with Crippen molar-refractivity contribution in [2.24, 2.45) is 5.73 Å². The van der Waals surface area contributed by atoms with Crippen LogP contribution < -0.4 is 5.73 Å². The second-order valence-corrected chi connectivity index (χ2v) is 1.38. The Hall–Kier alpha value is -0.160. The molecule has 0 fully saturated rings.